The summed E-state index contributed by atoms with van der Waals surface area (Å²) >= 11 is 0. The van der Waals surface area contributed by atoms with Crippen molar-refractivity contribution in [1.29, 1.82) is 0 Å². The Bertz CT molecular complexity index is 1770. The van der Waals surface area contributed by atoms with E-state index in [1.807, 2.05) is 0 Å². The van der Waals surface area contributed by atoms with Gasteiger partial charge in [0.15, 0.2) is 5.60 Å². The van der Waals surface area contributed by atoms with Crippen LogP contribution in [0.25, 0.3) is 0 Å². The van der Waals surface area contributed by atoms with Crippen LogP contribution in [-0.4, -0.2) is 73.6 Å². The van der Waals surface area contributed by atoms with Gasteiger partial charge in [0.25, 0.3) is 0 Å². The fraction of sp³-hybridized carbons (Fsp3) is 0.281. The van der Waals surface area contributed by atoms with E-state index in [1.54, 1.807) is 0 Å². The SMILES string of the molecule is NCC(CC(=O)O)(CC(=O)O)c1ccc2c(c1C(CN)(CC(=O)O)CC(=O)O)C(=O)OC21c2ccc(O)cc2Oc2cc(O)ccc21. The van der Waals surface area contributed by atoms with E-state index in [0.717, 1.165) is 0 Å². The Balaban J connectivity index is 1.99. The Morgan fingerprint density at radius 2 is 1.09 bits per heavy atom. The van der Waals surface area contributed by atoms with Gasteiger partial charge in [-0.05, 0) is 35.4 Å². The lowest BCUT2D eigenvalue weighted by Crippen LogP contribution is -2.46. The number of ether oxygens (including phenoxy) is 2. The van der Waals surface area contributed by atoms with Crippen molar-refractivity contribution in [2.45, 2.75) is 42.1 Å². The van der Waals surface area contributed by atoms with Crippen molar-refractivity contribution >= 4 is 29.8 Å². The van der Waals surface area contributed by atoms with E-state index < -0.39 is 85.1 Å². The molecule has 10 N–H and O–H groups in total. The number of phenolic OH excluding ortho intramolecular Hbond substituents is 2. The van der Waals surface area contributed by atoms with Crippen LogP contribution in [0.2, 0.25) is 0 Å². The zero-order chi connectivity index (χ0) is 34.5. The van der Waals surface area contributed by atoms with Crippen LogP contribution in [0.1, 0.15) is 63.9 Å². The number of hydrogen-bond acceptors (Lipinski definition) is 11. The lowest BCUT2D eigenvalue weighted by molar-refractivity contribution is -0.144. The molecule has 2 aliphatic heterocycles. The van der Waals surface area contributed by atoms with E-state index in [-0.39, 0.29) is 56.4 Å². The van der Waals surface area contributed by atoms with Gasteiger partial charge < -0.3 is 51.6 Å². The molecule has 1 spiro atoms. The van der Waals surface area contributed by atoms with E-state index >= 15 is 0 Å². The molecule has 0 radical (unpaired) electrons. The molecule has 3 aromatic rings. The molecule has 15 nitrogen and oxygen atoms in total. The second-order valence-corrected chi connectivity index (χ2v) is 11.7. The van der Waals surface area contributed by atoms with Gasteiger partial charge in [-0.3, -0.25) is 19.2 Å². The predicted octanol–water partition coefficient (Wildman–Crippen LogP) is 1.96. The summed E-state index contributed by atoms with van der Waals surface area (Å²) in [6.45, 7) is -1.30. The zero-order valence-corrected chi connectivity index (χ0v) is 24.6. The number of esters is 1. The molecule has 2 heterocycles. The number of rotatable bonds is 12. The molecule has 0 saturated carbocycles. The summed E-state index contributed by atoms with van der Waals surface area (Å²) in [5, 5.41) is 60.3. The third-order valence-corrected chi connectivity index (χ3v) is 8.79. The summed E-state index contributed by atoms with van der Waals surface area (Å²) in [6.07, 6.45) is -3.70. The number of aliphatic carboxylic acids is 4. The lowest BCUT2D eigenvalue weighted by Gasteiger charge is -2.40. The summed E-state index contributed by atoms with van der Waals surface area (Å²) in [5.74, 6) is -7.46. The fourth-order valence-electron chi connectivity index (χ4n) is 6.93. The maximum atomic E-state index is 14.3. The molecule has 0 bridgehead atoms. The normalized spacial score (nSPS) is 14.4. The molecule has 0 amide bonds. The van der Waals surface area contributed by atoms with E-state index in [0.29, 0.717) is 0 Å². The van der Waals surface area contributed by atoms with Crippen LogP contribution >= 0.6 is 0 Å². The van der Waals surface area contributed by atoms with Crippen molar-refractivity contribution < 1.29 is 64.1 Å². The first kappa shape index (κ1) is 32.7. The molecule has 47 heavy (non-hydrogen) atoms. The number of carboxylic acids is 4. The number of carboxylic acid groups (broad SMARTS) is 4. The number of carbonyl (C=O) groups excluding carboxylic acids is 1. The minimum absolute atomic E-state index is 0.0172. The van der Waals surface area contributed by atoms with Crippen molar-refractivity contribution in [3.8, 4) is 23.0 Å². The third kappa shape index (κ3) is 5.24. The standard InChI is InChI=1S/C32H30N2O13/c33-13-30(9-23(37)38,10-24(39)40)20-6-5-19-27(28(20)31(14-34,11-25(41)42)12-26(43)44)29(45)47-32(19)17-3-1-15(35)7-21(17)46-22-8-16(36)2-4-18(22)32/h1-8,35-36H,9-14,33-34H2,(H,37,38)(H,39,40)(H,41,42)(H,43,44). The molecule has 0 aliphatic carbocycles. The van der Waals surface area contributed by atoms with Crippen LogP contribution in [0, 0.1) is 0 Å². The topological polar surface area (TPSA) is 277 Å². The fourth-order valence-corrected chi connectivity index (χ4v) is 6.93. The van der Waals surface area contributed by atoms with E-state index in [2.05, 4.69) is 0 Å². The van der Waals surface area contributed by atoms with Crippen LogP contribution in [0.4, 0.5) is 0 Å². The maximum Gasteiger partial charge on any atom is 0.340 e. The number of aromatic hydroxyl groups is 2. The predicted molar refractivity (Wildman–Crippen MR) is 159 cm³/mol. The smallest absolute Gasteiger partial charge is 0.340 e. The average Bonchev–Trinajstić information content (AvgIpc) is 3.26. The molecule has 0 atom stereocenters. The molecule has 0 unspecified atom stereocenters. The Labute approximate surface area is 265 Å². The van der Waals surface area contributed by atoms with Gasteiger partial charge in [-0.1, -0.05) is 12.1 Å². The molecule has 15 heteroatoms. The van der Waals surface area contributed by atoms with Crippen molar-refractivity contribution in [3.63, 3.8) is 0 Å². The van der Waals surface area contributed by atoms with E-state index in [9.17, 15) is 54.6 Å². The molecule has 2 aliphatic rings. The Morgan fingerprint density at radius 3 is 1.51 bits per heavy atom. The summed E-state index contributed by atoms with van der Waals surface area (Å²) in [4.78, 5) is 63.3. The molecule has 0 aromatic heterocycles. The highest BCUT2D eigenvalue weighted by Gasteiger charge is 2.57. The third-order valence-electron chi connectivity index (χ3n) is 8.79. The van der Waals surface area contributed by atoms with Crippen LogP contribution < -0.4 is 16.2 Å². The second kappa shape index (κ2) is 11.6. The number of benzene rings is 3. The summed E-state index contributed by atoms with van der Waals surface area (Å²) in [5.41, 5.74) is 5.85. The van der Waals surface area contributed by atoms with E-state index in [4.69, 9.17) is 20.9 Å². The van der Waals surface area contributed by atoms with E-state index in [1.165, 1.54) is 48.5 Å². The first-order chi connectivity index (χ1) is 22.1. The largest absolute Gasteiger partial charge is 0.508 e. The minimum Gasteiger partial charge on any atom is -0.508 e. The lowest BCUT2D eigenvalue weighted by atomic mass is 9.62. The Hall–Kier alpha value is -5.67. The first-order valence-electron chi connectivity index (χ1n) is 14.2. The molecular formula is C32H30N2O13. The van der Waals surface area contributed by atoms with Gasteiger partial charge in [-0.25, -0.2) is 4.79 Å². The highest BCUT2D eigenvalue weighted by atomic mass is 16.6. The van der Waals surface area contributed by atoms with Gasteiger partial charge >= 0.3 is 29.8 Å². The number of fused-ring (bicyclic) bond motifs is 6. The Morgan fingerprint density at radius 1 is 0.660 bits per heavy atom. The van der Waals surface area contributed by atoms with Gasteiger partial charge in [0.05, 0.1) is 31.2 Å². The Kier molecular flexibility index (Phi) is 8.08. The number of nitrogens with two attached hydrogens (primary N) is 2. The van der Waals surface area contributed by atoms with Crippen LogP contribution in [0.3, 0.4) is 0 Å². The summed E-state index contributed by atoms with van der Waals surface area (Å²) in [7, 11) is 0. The van der Waals surface area contributed by atoms with Crippen molar-refractivity contribution in [1.82, 2.24) is 0 Å². The second-order valence-electron chi connectivity index (χ2n) is 11.7. The van der Waals surface area contributed by atoms with Gasteiger partial charge in [0.2, 0.25) is 0 Å². The van der Waals surface area contributed by atoms with Crippen molar-refractivity contribution in [2.24, 2.45) is 11.5 Å². The molecule has 5 rings (SSSR count). The number of carbonyl (C=O) groups is 5. The number of hydrogen-bond donors (Lipinski definition) is 8. The van der Waals surface area contributed by atoms with Gasteiger partial charge in [0, 0.05) is 52.7 Å². The molecule has 3 aromatic carbocycles. The van der Waals surface area contributed by atoms with Gasteiger partial charge in [-0.2, -0.15) is 0 Å². The van der Waals surface area contributed by atoms with Crippen LogP contribution in [0.15, 0.2) is 48.5 Å². The molecule has 0 saturated heterocycles. The van der Waals surface area contributed by atoms with Crippen molar-refractivity contribution in [3.05, 3.63) is 81.9 Å². The highest BCUT2D eigenvalue weighted by molar-refractivity contribution is 6.00. The van der Waals surface area contributed by atoms with Gasteiger partial charge in [0.1, 0.15) is 23.0 Å². The molecular weight excluding hydrogens is 620 g/mol. The molecule has 0 fully saturated rings. The monoisotopic (exact) mass is 650 g/mol. The highest BCUT2D eigenvalue weighted by Crippen LogP contribution is 2.59. The first-order valence-corrected chi connectivity index (χ1v) is 14.2. The molecule has 246 valence electrons. The summed E-state index contributed by atoms with van der Waals surface area (Å²) < 4.78 is 12.1. The average molecular weight is 651 g/mol. The van der Waals surface area contributed by atoms with Crippen LogP contribution in [0.5, 0.6) is 23.0 Å². The number of phenols is 2. The summed E-state index contributed by atoms with van der Waals surface area (Å²) in [6, 6.07) is 10.6. The minimum atomic E-state index is -2.11. The zero-order valence-electron chi connectivity index (χ0n) is 24.6. The van der Waals surface area contributed by atoms with Crippen LogP contribution in [-0.2, 0) is 40.3 Å². The quantitative estimate of drug-likeness (QED) is 0.130. The van der Waals surface area contributed by atoms with Gasteiger partial charge in [-0.15, -0.1) is 0 Å². The maximum absolute atomic E-state index is 14.3. The van der Waals surface area contributed by atoms with Crippen molar-refractivity contribution in [2.75, 3.05) is 13.1 Å².